The van der Waals surface area contributed by atoms with E-state index in [0.29, 0.717) is 11.6 Å². The van der Waals surface area contributed by atoms with E-state index in [9.17, 15) is 8.78 Å². The van der Waals surface area contributed by atoms with Gasteiger partial charge in [0.05, 0.1) is 5.69 Å². The van der Waals surface area contributed by atoms with Crippen molar-refractivity contribution in [3.63, 3.8) is 0 Å². The number of rotatable bonds is 2. The highest BCUT2D eigenvalue weighted by atomic mass is 19.2. The van der Waals surface area contributed by atoms with Gasteiger partial charge >= 0.3 is 0 Å². The SMILES string of the molecule is CC(C)(C)C1CCCN(c2ccc(CN)c(F)c2F)CC1. The molecule has 1 atom stereocenters. The van der Waals surface area contributed by atoms with Crippen LogP contribution in [0.25, 0.3) is 0 Å². The first-order valence-corrected chi connectivity index (χ1v) is 7.76. The predicted molar refractivity (Wildman–Crippen MR) is 83.3 cm³/mol. The molecule has 1 aromatic rings. The van der Waals surface area contributed by atoms with E-state index in [1.165, 1.54) is 0 Å². The molecule has 118 valence electrons. The van der Waals surface area contributed by atoms with Gasteiger partial charge in [0.2, 0.25) is 0 Å². The lowest BCUT2D eigenvalue weighted by Crippen LogP contribution is -2.27. The second-order valence-electron chi connectivity index (χ2n) is 7.06. The van der Waals surface area contributed by atoms with Crippen LogP contribution in [0.15, 0.2) is 12.1 Å². The molecule has 1 aromatic carbocycles. The maximum absolute atomic E-state index is 14.2. The topological polar surface area (TPSA) is 29.3 Å². The summed E-state index contributed by atoms with van der Waals surface area (Å²) in [4.78, 5) is 1.98. The van der Waals surface area contributed by atoms with Crippen LogP contribution in [-0.4, -0.2) is 13.1 Å². The first-order valence-electron chi connectivity index (χ1n) is 7.76. The third-order valence-electron chi connectivity index (χ3n) is 4.66. The van der Waals surface area contributed by atoms with E-state index >= 15 is 0 Å². The van der Waals surface area contributed by atoms with Crippen molar-refractivity contribution in [3.8, 4) is 0 Å². The maximum atomic E-state index is 14.2. The third kappa shape index (κ3) is 3.54. The Bertz CT molecular complexity index is 494. The van der Waals surface area contributed by atoms with E-state index in [-0.39, 0.29) is 17.5 Å². The standard InChI is InChI=1S/C17H26F2N2/c1-17(2,3)13-5-4-9-21(10-8-13)14-7-6-12(11-20)15(18)16(14)19/h6-7,13H,4-5,8-11,20H2,1-3H3. The first-order chi connectivity index (χ1) is 9.84. The molecule has 1 saturated heterocycles. The fraction of sp³-hybridized carbons (Fsp3) is 0.647. The van der Waals surface area contributed by atoms with Crippen molar-refractivity contribution < 1.29 is 8.78 Å². The lowest BCUT2D eigenvalue weighted by molar-refractivity contribution is 0.220. The minimum atomic E-state index is -0.799. The zero-order chi connectivity index (χ0) is 15.6. The van der Waals surface area contributed by atoms with E-state index < -0.39 is 11.6 Å². The normalized spacial score (nSPS) is 20.5. The number of hydrogen-bond acceptors (Lipinski definition) is 2. The number of anilines is 1. The van der Waals surface area contributed by atoms with Crippen LogP contribution in [0.2, 0.25) is 0 Å². The average Bonchev–Trinajstić information content (AvgIpc) is 2.67. The molecule has 0 amide bonds. The van der Waals surface area contributed by atoms with Gasteiger partial charge in [-0.25, -0.2) is 8.78 Å². The van der Waals surface area contributed by atoms with Gasteiger partial charge < -0.3 is 10.6 Å². The van der Waals surface area contributed by atoms with Crippen LogP contribution in [0.3, 0.4) is 0 Å². The van der Waals surface area contributed by atoms with Crippen molar-refractivity contribution in [1.82, 2.24) is 0 Å². The minimum Gasteiger partial charge on any atom is -0.369 e. The van der Waals surface area contributed by atoms with Gasteiger partial charge in [-0.3, -0.25) is 0 Å². The molecule has 2 rings (SSSR count). The second-order valence-corrected chi connectivity index (χ2v) is 7.06. The first kappa shape index (κ1) is 16.2. The van der Waals surface area contributed by atoms with Gasteiger partial charge in [-0.1, -0.05) is 26.8 Å². The Morgan fingerprint density at radius 2 is 1.86 bits per heavy atom. The summed E-state index contributed by atoms with van der Waals surface area (Å²) in [6.07, 6.45) is 3.18. The van der Waals surface area contributed by atoms with Crippen LogP contribution in [0.1, 0.15) is 45.6 Å². The molecule has 0 spiro atoms. The third-order valence-corrected chi connectivity index (χ3v) is 4.66. The van der Waals surface area contributed by atoms with Crippen LogP contribution in [-0.2, 0) is 6.54 Å². The van der Waals surface area contributed by atoms with Crippen LogP contribution in [0, 0.1) is 23.0 Å². The lowest BCUT2D eigenvalue weighted by Gasteiger charge is -2.30. The Hall–Kier alpha value is -1.16. The van der Waals surface area contributed by atoms with Crippen LogP contribution < -0.4 is 10.6 Å². The van der Waals surface area contributed by atoms with Crippen molar-refractivity contribution in [2.45, 2.75) is 46.6 Å². The summed E-state index contributed by atoms with van der Waals surface area (Å²) in [7, 11) is 0. The largest absolute Gasteiger partial charge is 0.369 e. The molecular formula is C17H26F2N2. The Labute approximate surface area is 126 Å². The van der Waals surface area contributed by atoms with E-state index in [1.54, 1.807) is 12.1 Å². The summed E-state index contributed by atoms with van der Waals surface area (Å²) in [5.74, 6) is -0.933. The highest BCUT2D eigenvalue weighted by Gasteiger charge is 2.28. The van der Waals surface area contributed by atoms with E-state index in [2.05, 4.69) is 20.8 Å². The van der Waals surface area contributed by atoms with Gasteiger partial charge in [-0.15, -0.1) is 0 Å². The second kappa shape index (κ2) is 6.30. The number of benzene rings is 1. The van der Waals surface area contributed by atoms with E-state index in [4.69, 9.17) is 5.73 Å². The van der Waals surface area contributed by atoms with E-state index in [0.717, 1.165) is 32.4 Å². The fourth-order valence-electron chi connectivity index (χ4n) is 3.18. The summed E-state index contributed by atoms with van der Waals surface area (Å²) < 4.78 is 28.1. The zero-order valence-electron chi connectivity index (χ0n) is 13.3. The Morgan fingerprint density at radius 1 is 1.14 bits per heavy atom. The lowest BCUT2D eigenvalue weighted by atomic mass is 9.77. The molecule has 2 nitrogen and oxygen atoms in total. The summed E-state index contributed by atoms with van der Waals surface area (Å²) in [6.45, 7) is 8.34. The van der Waals surface area contributed by atoms with Crippen LogP contribution in [0.5, 0.6) is 0 Å². The average molecular weight is 296 g/mol. The van der Waals surface area contributed by atoms with Crippen molar-refractivity contribution >= 4 is 5.69 Å². The summed E-state index contributed by atoms with van der Waals surface area (Å²) >= 11 is 0. The molecule has 0 saturated carbocycles. The van der Waals surface area contributed by atoms with Gasteiger partial charge in [-0.2, -0.15) is 0 Å². The van der Waals surface area contributed by atoms with Gasteiger partial charge in [-0.05, 0) is 36.7 Å². The highest BCUT2D eigenvalue weighted by Crippen LogP contribution is 2.36. The van der Waals surface area contributed by atoms with Gasteiger partial charge in [0.1, 0.15) is 0 Å². The Morgan fingerprint density at radius 3 is 2.48 bits per heavy atom. The van der Waals surface area contributed by atoms with Crippen molar-refractivity contribution in [2.75, 3.05) is 18.0 Å². The molecule has 1 aliphatic heterocycles. The Balaban J connectivity index is 2.18. The number of halogens is 2. The van der Waals surface area contributed by atoms with Crippen LogP contribution in [0.4, 0.5) is 14.5 Å². The molecule has 1 heterocycles. The highest BCUT2D eigenvalue weighted by molar-refractivity contribution is 5.50. The predicted octanol–water partition coefficient (Wildman–Crippen LogP) is 4.08. The summed E-state index contributed by atoms with van der Waals surface area (Å²) in [5.41, 5.74) is 6.30. The van der Waals surface area contributed by atoms with Crippen molar-refractivity contribution in [1.29, 1.82) is 0 Å². The molecule has 2 N–H and O–H groups in total. The maximum Gasteiger partial charge on any atom is 0.182 e. The molecule has 4 heteroatoms. The van der Waals surface area contributed by atoms with Gasteiger partial charge in [0, 0.05) is 25.2 Å². The quantitative estimate of drug-likeness (QED) is 0.891. The molecule has 0 aliphatic carbocycles. The van der Waals surface area contributed by atoms with Gasteiger partial charge in [0.25, 0.3) is 0 Å². The van der Waals surface area contributed by atoms with Crippen molar-refractivity contribution in [2.24, 2.45) is 17.1 Å². The molecule has 0 radical (unpaired) electrons. The smallest absolute Gasteiger partial charge is 0.182 e. The summed E-state index contributed by atoms with van der Waals surface area (Å²) in [6, 6.07) is 3.26. The number of nitrogens with zero attached hydrogens (tertiary/aromatic N) is 1. The molecule has 21 heavy (non-hydrogen) atoms. The Kier molecular flexibility index (Phi) is 4.87. The number of hydrogen-bond donors (Lipinski definition) is 1. The zero-order valence-corrected chi connectivity index (χ0v) is 13.3. The van der Waals surface area contributed by atoms with E-state index in [1.807, 2.05) is 4.90 Å². The molecular weight excluding hydrogens is 270 g/mol. The van der Waals surface area contributed by atoms with Gasteiger partial charge in [0.15, 0.2) is 11.6 Å². The monoisotopic (exact) mass is 296 g/mol. The number of nitrogens with two attached hydrogens (primary N) is 1. The molecule has 0 bridgehead atoms. The van der Waals surface area contributed by atoms with Crippen molar-refractivity contribution in [3.05, 3.63) is 29.3 Å². The molecule has 1 aliphatic rings. The van der Waals surface area contributed by atoms with Crippen LogP contribution >= 0.6 is 0 Å². The fourth-order valence-corrected chi connectivity index (χ4v) is 3.18. The molecule has 0 aromatic heterocycles. The summed E-state index contributed by atoms with van der Waals surface area (Å²) in [5, 5.41) is 0. The molecule has 1 fully saturated rings. The molecule has 1 unspecified atom stereocenters. The minimum absolute atomic E-state index is 0.0229.